The number of nitrogens with zero attached hydrogens (tertiary/aromatic N) is 6. The average Bonchev–Trinajstić information content (AvgIpc) is 0.740. The summed E-state index contributed by atoms with van der Waals surface area (Å²) < 4.78 is 331. The van der Waals surface area contributed by atoms with Crippen LogP contribution in [0, 0.1) is 23.2 Å². The maximum Gasteiger partial charge on any atom is 0.173 e. The first-order chi connectivity index (χ1) is 58.4. The fourth-order valence-corrected chi connectivity index (χ4v) is 15.4. The number of para-hydroxylation sites is 2. The van der Waals surface area contributed by atoms with E-state index in [0.717, 1.165) is 94.0 Å². The summed E-state index contributed by atoms with van der Waals surface area (Å²) >= 11 is 0. The molecule has 0 N–H and O–H groups in total. The van der Waals surface area contributed by atoms with Crippen LogP contribution in [0.5, 0.6) is 5.75 Å². The Balaban J connectivity index is 0.000000216. The zero-order valence-corrected chi connectivity index (χ0v) is 72.5. The largest absolute Gasteiger partial charge is 0.201 e. The van der Waals surface area contributed by atoms with Crippen LogP contribution in [0.4, 0.5) is 132 Å². The zero-order chi connectivity index (χ0) is 95.7. The van der Waals surface area contributed by atoms with E-state index in [2.05, 4.69) is 273 Å². The molecule has 21 heterocycles. The molecule has 16 bridgehead atoms. The number of aromatic nitrogens is 5. The summed E-state index contributed by atoms with van der Waals surface area (Å²) in [6.07, 6.45) is 26.3. The van der Waals surface area contributed by atoms with E-state index in [9.17, 15) is 131 Å². The maximum absolute atomic E-state index is 13.1. The summed E-state index contributed by atoms with van der Waals surface area (Å²) in [4.78, 5) is 15.3. The molecule has 0 amide bonds. The quantitative estimate of drug-likeness (QED) is 0.0226. The van der Waals surface area contributed by atoms with Crippen molar-refractivity contribution in [2.75, 3.05) is 58.1 Å². The van der Waals surface area contributed by atoms with Crippen LogP contribution in [0.1, 0.15) is 72.8 Å². The number of aryl methyl sites for hydroxylation is 2. The molecule has 4 fully saturated rings. The van der Waals surface area contributed by atoms with E-state index in [1.165, 1.54) is 102 Å². The van der Waals surface area contributed by atoms with Gasteiger partial charge < -0.3 is 23.8 Å². The van der Waals surface area contributed by atoms with Crippen LogP contribution in [-0.4, -0.2) is 59.2 Å². The molecular weight excluding hydrogens is 1890 g/mol. The van der Waals surface area contributed by atoms with Crippen LogP contribution in [0.15, 0.2) is 244 Å². The van der Waals surface area contributed by atoms with Gasteiger partial charge in [0.15, 0.2) is 75.8 Å². The summed E-state index contributed by atoms with van der Waals surface area (Å²) in [6, 6.07) is 69.9. The topological polar surface area (TPSA) is 76.6 Å². The molecule has 6 aromatic carbocycles. The Morgan fingerprint density at radius 3 is 0.969 bits per heavy atom. The van der Waals surface area contributed by atoms with E-state index in [4.69, 9.17) is 18.9 Å². The number of hydrogen-bond donors (Lipinski definition) is 0. The Bertz CT molecular complexity index is 5100. The number of halogens is 30. The molecule has 714 valence electrons. The van der Waals surface area contributed by atoms with E-state index in [0.29, 0.717) is 39.6 Å². The number of likely N-dealkylation sites (N-methyl/N-ethyl adjacent to an activating group) is 1. The van der Waals surface area contributed by atoms with Gasteiger partial charge in [0.1, 0.15) is 19.4 Å². The van der Waals surface area contributed by atoms with Gasteiger partial charge in [-0.2, -0.15) is 4.57 Å². The molecule has 129 heavy (non-hydrogen) atoms. The summed E-state index contributed by atoms with van der Waals surface area (Å²) in [7, 11) is -49.0. The van der Waals surface area contributed by atoms with Gasteiger partial charge in [0.2, 0.25) is 11.0 Å². The maximum atomic E-state index is 13.1. The molecule has 4 aliphatic carbocycles. The number of carbonyl (C=O) groups is 1. The molecule has 46 heteroatoms. The van der Waals surface area contributed by atoms with Gasteiger partial charge in [-0.1, -0.05) is 97.1 Å². The average molecular weight is 1970 g/mol. The Labute approximate surface area is 718 Å². The molecular formula is C83H87F30N6O5P5. The Hall–Kier alpha value is -9.37. The van der Waals surface area contributed by atoms with Crippen molar-refractivity contribution in [2.24, 2.45) is 30.2 Å². The third-order valence-electron chi connectivity index (χ3n) is 20.1. The van der Waals surface area contributed by atoms with E-state index in [1.807, 2.05) is 12.1 Å². The third kappa shape index (κ3) is 43.5. The summed E-state index contributed by atoms with van der Waals surface area (Å²) in [5.74, 6) is 3.21. The van der Waals surface area contributed by atoms with E-state index in [-0.39, 0.29) is 11.4 Å². The SMILES string of the molecule is CN(CCOCCOCCOc1ccc(CCCOC(=O)C23CC4CC(CC(C4)C2)C3)cc1)c1ccc(-c2c3ccccc3[n+](C)c3ccccc23)cc1.F[P-](F)(F)(F)(F)F.F[P-](F)(F)(F)(F)F.F[P-](F)(F)(F)(F)F.F[P-](F)(F)(F)(F)F.F[P-](F)(F)(F)(F)F.c1cc2ccc1C[n+]1ccc(cc1)-c1cc[n+](cc1)Cc1ccc(cc1)C[n+]1ccc(cc1)-c1cc[n+](cc1)C2. The number of fused-ring (bicyclic) bond motifs is 2. The number of benzene rings is 6. The number of rotatable bonds is 17. The first-order valence-corrected chi connectivity index (χ1v) is 49.2. The van der Waals surface area contributed by atoms with Crippen LogP contribution in [0.3, 0.4) is 0 Å². The van der Waals surface area contributed by atoms with E-state index >= 15 is 0 Å². The Kier molecular flexibility index (Phi) is 28.3. The van der Waals surface area contributed by atoms with Gasteiger partial charge in [-0.15, -0.1) is 0 Å². The first-order valence-electron chi connectivity index (χ1n) is 39.0. The number of esters is 1. The van der Waals surface area contributed by atoms with Crippen LogP contribution in [-0.2, 0) is 58.7 Å². The summed E-state index contributed by atoms with van der Waals surface area (Å²) in [6.45, 7) is 7.42. The molecule has 16 aliphatic heterocycles. The molecule has 0 atom stereocenters. The molecule has 0 unspecified atom stereocenters. The first kappa shape index (κ1) is 103. The van der Waals surface area contributed by atoms with Gasteiger partial charge in [-0.25, -0.2) is 18.3 Å². The van der Waals surface area contributed by atoms with Gasteiger partial charge in [-0.05, 0) is 139 Å². The molecule has 11 nitrogen and oxygen atoms in total. The van der Waals surface area contributed by atoms with Crippen molar-refractivity contribution in [3.05, 3.63) is 272 Å². The number of carbonyl (C=O) groups excluding carboxylic acids is 1. The molecule has 31 rings (SSSR count). The van der Waals surface area contributed by atoms with Crippen LogP contribution in [0.2, 0.25) is 0 Å². The monoisotopic (exact) mass is 1970 g/mol. The normalized spacial score (nSPS) is 19.2. The summed E-state index contributed by atoms with van der Waals surface area (Å²) in [5, 5.41) is 2.51. The van der Waals surface area contributed by atoms with Gasteiger partial charge in [-0.3, -0.25) is 4.79 Å². The molecule has 0 radical (unpaired) electrons. The second-order valence-corrected chi connectivity index (χ2v) is 41.1. The fraction of sp³-hybridized carbons (Fsp3) is 0.301. The van der Waals surface area contributed by atoms with E-state index in [1.54, 1.807) is 0 Å². The van der Waals surface area contributed by atoms with Gasteiger partial charge in [0, 0.05) is 108 Å². The number of anilines is 1. The summed E-state index contributed by atoms with van der Waals surface area (Å²) in [5.41, 5.74) is 17.3. The molecule has 0 saturated heterocycles. The number of hydrogen-bond acceptors (Lipinski definition) is 6. The minimum atomic E-state index is -10.7. The predicted molar refractivity (Wildman–Crippen MR) is 436 cm³/mol. The minimum absolute atomic E-state index is 0.0885. The number of ether oxygens (including phenoxy) is 4. The zero-order valence-electron chi connectivity index (χ0n) is 68.1. The number of pyridine rings is 5. The minimum Gasteiger partial charge on any atom is -0.201 e. The Morgan fingerprint density at radius 1 is 0.357 bits per heavy atom. The van der Waals surface area contributed by atoms with Crippen LogP contribution in [0.25, 0.3) is 55.2 Å². The van der Waals surface area contributed by atoms with Crippen LogP contribution >= 0.6 is 39.0 Å². The second-order valence-electron chi connectivity index (χ2n) is 31.6. The van der Waals surface area contributed by atoms with Crippen molar-refractivity contribution in [1.29, 1.82) is 0 Å². The Morgan fingerprint density at radius 2 is 0.651 bits per heavy atom. The standard InChI is InChI=1S/C47H55N2O5.C36H32N4.5F6P/c1-48(39-17-15-38(16-18-39)45-41-9-3-5-11-43(41)49(2)44-12-6-4-10-42(44)45)21-23-51-24-25-52-26-27-53-40-19-13-34(14-20-40)8-7-22-54-46(50)47-31-35-28-36(32-47)30-37(29-35)33-47;1-2-30-4-3-29(1)25-37-17-9-33(10-18-37)35-13-21-39(22-14-35)27-31-5-7-32(8-6-31)28-40-23-15-36(16-24-40)34-11-19-38(26-30)20-12-34;5*1-7(2,3,4,5)6/h3-6,9-20,35-37H,7-8,21-33H2,1-2H3;1-24H,25-28H2;;;;;/q+1;+4;5*-1. The molecule has 5 aromatic heterocycles. The van der Waals surface area contributed by atoms with Crippen molar-refractivity contribution in [1.82, 2.24) is 0 Å². The van der Waals surface area contributed by atoms with Crippen molar-refractivity contribution in [3.63, 3.8) is 0 Å². The molecule has 0 spiro atoms. The van der Waals surface area contributed by atoms with Crippen molar-refractivity contribution in [2.45, 2.75) is 77.5 Å². The van der Waals surface area contributed by atoms with Crippen LogP contribution < -0.4 is 32.5 Å². The molecule has 4 saturated carbocycles. The molecule has 20 aliphatic rings. The van der Waals surface area contributed by atoms with Gasteiger partial charge in [0.05, 0.1) is 49.2 Å². The second kappa shape index (κ2) is 35.3. The predicted octanol–water partition coefficient (Wildman–Crippen LogP) is 30.3. The van der Waals surface area contributed by atoms with Crippen molar-refractivity contribution >= 4 is 72.5 Å². The van der Waals surface area contributed by atoms with Gasteiger partial charge in [0.25, 0.3) is 0 Å². The van der Waals surface area contributed by atoms with Crippen molar-refractivity contribution < 1.29 is 172 Å². The van der Waals surface area contributed by atoms with Gasteiger partial charge >= 0.3 is 171 Å². The smallest absolute Gasteiger partial charge is 0.173 e. The molecule has 11 aromatic rings. The third-order valence-corrected chi connectivity index (χ3v) is 20.1. The fourth-order valence-electron chi connectivity index (χ4n) is 15.4. The van der Waals surface area contributed by atoms with Crippen molar-refractivity contribution in [3.8, 4) is 39.1 Å². The van der Waals surface area contributed by atoms with E-state index < -0.39 is 39.0 Å².